The molecule has 4 rings (SSSR count). The Kier molecular flexibility index (Phi) is 6.11. The number of amides is 1. The zero-order valence-corrected chi connectivity index (χ0v) is 17.9. The van der Waals surface area contributed by atoms with Crippen LogP contribution in [-0.4, -0.2) is 21.2 Å². The van der Waals surface area contributed by atoms with E-state index in [9.17, 15) is 9.59 Å². The second-order valence-corrected chi connectivity index (χ2v) is 8.13. The van der Waals surface area contributed by atoms with Crippen molar-refractivity contribution in [3.05, 3.63) is 69.5 Å². The Morgan fingerprint density at radius 3 is 2.77 bits per heavy atom. The zero-order chi connectivity index (χ0) is 21.1. The van der Waals surface area contributed by atoms with Gasteiger partial charge in [0.15, 0.2) is 5.16 Å². The van der Waals surface area contributed by atoms with Crippen LogP contribution in [0.4, 0.5) is 0 Å². The normalized spacial score (nSPS) is 11.3. The predicted molar refractivity (Wildman–Crippen MR) is 120 cm³/mol. The first-order valence-corrected chi connectivity index (χ1v) is 11.0. The van der Waals surface area contributed by atoms with Gasteiger partial charge in [0.1, 0.15) is 11.1 Å². The van der Waals surface area contributed by atoms with Gasteiger partial charge in [-0.2, -0.15) is 0 Å². The molecule has 0 unspecified atom stereocenters. The number of rotatable bonds is 7. The number of nitrogens with one attached hydrogen (secondary N) is 1. The fourth-order valence-corrected chi connectivity index (χ4v) is 4.25. The standard InChI is InChI=1S/C22H20ClN3O3S/c1-2-11-26-21(28)20-19(15-8-4-6-10-17(15)29-20)25-22(26)30-13-18(27)24-12-14-7-3-5-9-16(14)23/h3-10H,2,11-13H2,1H3,(H,24,27). The minimum atomic E-state index is -0.225. The summed E-state index contributed by atoms with van der Waals surface area (Å²) in [5.74, 6) is -0.0172. The van der Waals surface area contributed by atoms with Crippen LogP contribution in [0.25, 0.3) is 22.1 Å². The minimum Gasteiger partial charge on any atom is -0.448 e. The van der Waals surface area contributed by atoms with Crippen LogP contribution >= 0.6 is 23.4 Å². The van der Waals surface area contributed by atoms with Crippen molar-refractivity contribution in [3.8, 4) is 0 Å². The van der Waals surface area contributed by atoms with Gasteiger partial charge in [-0.25, -0.2) is 4.98 Å². The van der Waals surface area contributed by atoms with Gasteiger partial charge < -0.3 is 9.73 Å². The average Bonchev–Trinajstić information content (AvgIpc) is 3.13. The molecule has 8 heteroatoms. The highest BCUT2D eigenvalue weighted by Crippen LogP contribution is 2.27. The fraction of sp³-hybridized carbons (Fsp3) is 0.227. The molecule has 1 N–H and O–H groups in total. The van der Waals surface area contributed by atoms with Crippen molar-refractivity contribution in [2.45, 2.75) is 31.6 Å². The molecule has 2 aromatic carbocycles. The number of benzene rings is 2. The van der Waals surface area contributed by atoms with E-state index in [0.717, 1.165) is 17.4 Å². The van der Waals surface area contributed by atoms with Crippen LogP contribution in [0.1, 0.15) is 18.9 Å². The van der Waals surface area contributed by atoms with Crippen LogP contribution in [0, 0.1) is 0 Å². The molecule has 1 amide bonds. The molecule has 0 radical (unpaired) electrons. The van der Waals surface area contributed by atoms with Crippen LogP contribution < -0.4 is 10.9 Å². The zero-order valence-electron chi connectivity index (χ0n) is 16.4. The highest BCUT2D eigenvalue weighted by Gasteiger charge is 2.18. The number of fused-ring (bicyclic) bond motifs is 3. The monoisotopic (exact) mass is 441 g/mol. The molecular formula is C22H20ClN3O3S. The molecule has 30 heavy (non-hydrogen) atoms. The van der Waals surface area contributed by atoms with Gasteiger partial charge in [-0.15, -0.1) is 0 Å². The number of aromatic nitrogens is 2. The second-order valence-electron chi connectivity index (χ2n) is 6.78. The van der Waals surface area contributed by atoms with E-state index in [0.29, 0.717) is 34.4 Å². The molecule has 0 atom stereocenters. The van der Waals surface area contributed by atoms with Crippen molar-refractivity contribution in [3.63, 3.8) is 0 Å². The van der Waals surface area contributed by atoms with Gasteiger partial charge in [-0.3, -0.25) is 14.2 Å². The summed E-state index contributed by atoms with van der Waals surface area (Å²) in [5.41, 5.74) is 2.03. The molecule has 4 aromatic rings. The van der Waals surface area contributed by atoms with E-state index in [2.05, 4.69) is 10.3 Å². The van der Waals surface area contributed by atoms with E-state index in [1.807, 2.05) is 49.4 Å². The number of furan rings is 1. The van der Waals surface area contributed by atoms with Crippen molar-refractivity contribution >= 4 is 51.3 Å². The van der Waals surface area contributed by atoms with E-state index in [4.69, 9.17) is 16.0 Å². The van der Waals surface area contributed by atoms with E-state index < -0.39 is 0 Å². The van der Waals surface area contributed by atoms with Crippen LogP contribution in [0.3, 0.4) is 0 Å². The first kappa shape index (κ1) is 20.5. The quantitative estimate of drug-likeness (QED) is 0.334. The summed E-state index contributed by atoms with van der Waals surface area (Å²) in [4.78, 5) is 30.1. The lowest BCUT2D eigenvalue weighted by Crippen LogP contribution is -2.26. The number of hydrogen-bond donors (Lipinski definition) is 1. The van der Waals surface area contributed by atoms with Crippen molar-refractivity contribution in [1.29, 1.82) is 0 Å². The molecule has 0 bridgehead atoms. The molecule has 154 valence electrons. The highest BCUT2D eigenvalue weighted by atomic mass is 35.5. The lowest BCUT2D eigenvalue weighted by Gasteiger charge is -2.11. The van der Waals surface area contributed by atoms with E-state index in [1.54, 1.807) is 10.6 Å². The van der Waals surface area contributed by atoms with Gasteiger partial charge in [-0.1, -0.05) is 60.6 Å². The molecule has 0 spiro atoms. The van der Waals surface area contributed by atoms with Crippen LogP contribution in [-0.2, 0) is 17.9 Å². The number of nitrogens with zero attached hydrogens (tertiary/aromatic N) is 2. The second kappa shape index (κ2) is 8.93. The summed E-state index contributed by atoms with van der Waals surface area (Å²) < 4.78 is 7.33. The maximum atomic E-state index is 13.0. The van der Waals surface area contributed by atoms with Crippen molar-refractivity contribution in [2.75, 3.05) is 5.75 Å². The fourth-order valence-electron chi connectivity index (χ4n) is 3.20. The Balaban J connectivity index is 1.57. The largest absolute Gasteiger partial charge is 0.448 e. The van der Waals surface area contributed by atoms with Gasteiger partial charge in [0.25, 0.3) is 5.56 Å². The van der Waals surface area contributed by atoms with Crippen molar-refractivity contribution < 1.29 is 9.21 Å². The Morgan fingerprint density at radius 1 is 1.20 bits per heavy atom. The molecule has 6 nitrogen and oxygen atoms in total. The van der Waals surface area contributed by atoms with Gasteiger partial charge in [0.05, 0.1) is 5.75 Å². The molecule has 0 aliphatic carbocycles. The van der Waals surface area contributed by atoms with Gasteiger partial charge in [-0.05, 0) is 30.2 Å². The summed E-state index contributed by atoms with van der Waals surface area (Å²) in [7, 11) is 0. The van der Waals surface area contributed by atoms with Gasteiger partial charge in [0, 0.05) is 23.5 Å². The average molecular weight is 442 g/mol. The summed E-state index contributed by atoms with van der Waals surface area (Å²) in [6.07, 6.45) is 0.763. The summed E-state index contributed by atoms with van der Waals surface area (Å²) in [6.45, 7) is 2.84. The third kappa shape index (κ3) is 4.08. The van der Waals surface area contributed by atoms with Crippen LogP contribution in [0.2, 0.25) is 5.02 Å². The molecule has 2 aromatic heterocycles. The Hall–Kier alpha value is -2.77. The maximum absolute atomic E-state index is 13.0. The minimum absolute atomic E-state index is 0.141. The smallest absolute Gasteiger partial charge is 0.297 e. The lowest BCUT2D eigenvalue weighted by molar-refractivity contribution is -0.118. The first-order valence-electron chi connectivity index (χ1n) is 9.63. The van der Waals surface area contributed by atoms with E-state index >= 15 is 0 Å². The molecule has 0 aliphatic heterocycles. The van der Waals surface area contributed by atoms with Crippen LogP contribution in [0.5, 0.6) is 0 Å². The van der Waals surface area contributed by atoms with Crippen LogP contribution in [0.15, 0.2) is 62.9 Å². The third-order valence-corrected chi connectivity index (χ3v) is 6.01. The third-order valence-electron chi connectivity index (χ3n) is 4.66. The number of para-hydroxylation sites is 1. The topological polar surface area (TPSA) is 77.1 Å². The van der Waals surface area contributed by atoms with Gasteiger partial charge in [0.2, 0.25) is 11.5 Å². The molecule has 2 heterocycles. The van der Waals surface area contributed by atoms with Gasteiger partial charge >= 0.3 is 0 Å². The molecule has 0 fully saturated rings. The first-order chi connectivity index (χ1) is 14.6. The number of carbonyl (C=O) groups is 1. The molecule has 0 aliphatic rings. The number of hydrogen-bond acceptors (Lipinski definition) is 5. The predicted octanol–water partition coefficient (Wildman–Crippen LogP) is 4.61. The summed E-state index contributed by atoms with van der Waals surface area (Å²) >= 11 is 7.37. The molecule has 0 saturated heterocycles. The highest BCUT2D eigenvalue weighted by molar-refractivity contribution is 7.99. The summed E-state index contributed by atoms with van der Waals surface area (Å²) in [5, 5.41) is 4.77. The number of thioether (sulfide) groups is 1. The lowest BCUT2D eigenvalue weighted by atomic mass is 10.2. The molecule has 0 saturated carbocycles. The summed E-state index contributed by atoms with van der Waals surface area (Å²) in [6, 6.07) is 14.8. The Labute approximate surface area is 182 Å². The molecular weight excluding hydrogens is 422 g/mol. The number of halogens is 1. The van der Waals surface area contributed by atoms with E-state index in [-0.39, 0.29) is 22.8 Å². The SMILES string of the molecule is CCCn1c(SCC(=O)NCc2ccccc2Cl)nc2c(oc3ccccc32)c1=O. The Morgan fingerprint density at radius 2 is 1.97 bits per heavy atom. The maximum Gasteiger partial charge on any atom is 0.297 e. The van der Waals surface area contributed by atoms with Crippen molar-refractivity contribution in [2.24, 2.45) is 0 Å². The number of carbonyl (C=O) groups excluding carboxylic acids is 1. The van der Waals surface area contributed by atoms with E-state index in [1.165, 1.54) is 11.8 Å². The Bertz CT molecular complexity index is 1280. The van der Waals surface area contributed by atoms with Crippen molar-refractivity contribution in [1.82, 2.24) is 14.9 Å².